The average Bonchev–Trinajstić information content (AvgIpc) is 2.99. The summed E-state index contributed by atoms with van der Waals surface area (Å²) >= 11 is 0. The minimum atomic E-state index is -0.434. The van der Waals surface area contributed by atoms with Crippen LogP contribution >= 0.6 is 0 Å². The minimum Gasteiger partial charge on any atom is -0.302 e. The number of nitro groups is 1. The Balaban J connectivity index is 2.50. The van der Waals surface area contributed by atoms with E-state index in [-0.39, 0.29) is 5.69 Å². The molecule has 0 radical (unpaired) electrons. The van der Waals surface area contributed by atoms with Gasteiger partial charge in [0.1, 0.15) is 6.29 Å². The zero-order chi connectivity index (χ0) is 11.1. The third kappa shape index (κ3) is 1.52. The van der Waals surface area contributed by atoms with Gasteiger partial charge in [-0.2, -0.15) is 0 Å². The maximum atomic E-state index is 11.0. The van der Waals surface area contributed by atoms with Crippen LogP contribution in [0.2, 0.25) is 0 Å². The van der Waals surface area contributed by atoms with E-state index in [0.717, 1.165) is 30.3 Å². The molecule has 1 aromatic carbocycles. The van der Waals surface area contributed by atoms with Crippen LogP contribution in [0.3, 0.4) is 0 Å². The van der Waals surface area contributed by atoms with E-state index < -0.39 is 10.3 Å². The lowest BCUT2D eigenvalue weighted by Gasteiger charge is -2.10. The normalized spacial score (nSPS) is 17.1. The van der Waals surface area contributed by atoms with E-state index in [1.165, 1.54) is 12.1 Å². The SMILES string of the molecule is Cc1ccc([N+](=O)[O-])cc1C1(C=O)CC1. The molecule has 0 unspecified atom stereocenters. The highest BCUT2D eigenvalue weighted by Gasteiger charge is 2.45. The van der Waals surface area contributed by atoms with Gasteiger partial charge in [0.2, 0.25) is 0 Å². The van der Waals surface area contributed by atoms with Crippen molar-refractivity contribution < 1.29 is 9.72 Å². The Morgan fingerprint density at radius 3 is 2.60 bits per heavy atom. The molecule has 1 aliphatic rings. The molecule has 0 aliphatic heterocycles. The van der Waals surface area contributed by atoms with Crippen LogP contribution in [-0.4, -0.2) is 11.2 Å². The molecule has 0 atom stereocenters. The standard InChI is InChI=1S/C11H11NO3/c1-8-2-3-9(12(14)15)6-10(8)11(7-13)4-5-11/h2-3,6-7H,4-5H2,1H3. The van der Waals surface area contributed by atoms with E-state index in [4.69, 9.17) is 0 Å². The molecule has 0 amide bonds. The highest BCUT2D eigenvalue weighted by molar-refractivity contribution is 5.74. The number of rotatable bonds is 3. The van der Waals surface area contributed by atoms with Crippen LogP contribution in [0.5, 0.6) is 0 Å². The maximum absolute atomic E-state index is 11.0. The molecule has 1 fully saturated rings. The van der Waals surface area contributed by atoms with E-state index in [0.29, 0.717) is 0 Å². The Kier molecular flexibility index (Phi) is 2.07. The molecular weight excluding hydrogens is 194 g/mol. The van der Waals surface area contributed by atoms with Gasteiger partial charge in [-0.15, -0.1) is 0 Å². The summed E-state index contributed by atoms with van der Waals surface area (Å²) in [5.74, 6) is 0. The Morgan fingerprint density at radius 1 is 1.47 bits per heavy atom. The van der Waals surface area contributed by atoms with Crippen LogP contribution < -0.4 is 0 Å². The zero-order valence-electron chi connectivity index (χ0n) is 8.40. The van der Waals surface area contributed by atoms with Gasteiger partial charge in [-0.3, -0.25) is 10.1 Å². The van der Waals surface area contributed by atoms with E-state index in [1.54, 1.807) is 6.07 Å². The number of nitro benzene ring substituents is 1. The topological polar surface area (TPSA) is 60.2 Å². The first kappa shape index (κ1) is 9.83. The predicted octanol–water partition coefficient (Wildman–Crippen LogP) is 2.13. The van der Waals surface area contributed by atoms with E-state index in [9.17, 15) is 14.9 Å². The van der Waals surface area contributed by atoms with Gasteiger partial charge in [-0.25, -0.2) is 0 Å². The van der Waals surface area contributed by atoms with Gasteiger partial charge < -0.3 is 4.79 Å². The number of aldehydes is 1. The first-order chi connectivity index (χ1) is 7.09. The number of carbonyl (C=O) groups excluding carboxylic acids is 1. The molecule has 0 saturated heterocycles. The highest BCUT2D eigenvalue weighted by atomic mass is 16.6. The number of non-ortho nitro benzene ring substituents is 1. The summed E-state index contributed by atoms with van der Waals surface area (Å²) < 4.78 is 0. The number of carbonyl (C=O) groups is 1. The average molecular weight is 205 g/mol. The Labute approximate surface area is 87.1 Å². The van der Waals surface area contributed by atoms with Crippen LogP contribution in [0.25, 0.3) is 0 Å². The number of hydrogen-bond donors (Lipinski definition) is 0. The molecule has 1 aliphatic carbocycles. The molecule has 1 saturated carbocycles. The van der Waals surface area contributed by atoms with Gasteiger partial charge in [0, 0.05) is 12.1 Å². The molecule has 0 spiro atoms. The van der Waals surface area contributed by atoms with Crippen LogP contribution in [0.1, 0.15) is 24.0 Å². The second-order valence-electron chi connectivity index (χ2n) is 4.03. The fraction of sp³-hybridized carbons (Fsp3) is 0.364. The summed E-state index contributed by atoms with van der Waals surface area (Å²) in [6.07, 6.45) is 2.52. The first-order valence-electron chi connectivity index (χ1n) is 4.81. The molecule has 0 bridgehead atoms. The van der Waals surface area contributed by atoms with Crippen molar-refractivity contribution in [1.82, 2.24) is 0 Å². The summed E-state index contributed by atoms with van der Waals surface area (Å²) in [5.41, 5.74) is 1.39. The summed E-state index contributed by atoms with van der Waals surface area (Å²) in [7, 11) is 0. The third-order valence-corrected chi connectivity index (χ3v) is 2.98. The van der Waals surface area contributed by atoms with Gasteiger partial charge in [-0.05, 0) is 30.9 Å². The number of hydrogen-bond acceptors (Lipinski definition) is 3. The fourth-order valence-corrected chi connectivity index (χ4v) is 1.85. The monoisotopic (exact) mass is 205 g/mol. The van der Waals surface area contributed by atoms with Crippen molar-refractivity contribution in [3.8, 4) is 0 Å². The van der Waals surface area contributed by atoms with Crippen molar-refractivity contribution in [1.29, 1.82) is 0 Å². The number of benzene rings is 1. The van der Waals surface area contributed by atoms with Crippen LogP contribution in [0.15, 0.2) is 18.2 Å². The largest absolute Gasteiger partial charge is 0.302 e. The van der Waals surface area contributed by atoms with Gasteiger partial charge in [-0.1, -0.05) is 6.07 Å². The molecule has 2 rings (SSSR count). The molecule has 1 aromatic rings. The molecule has 4 nitrogen and oxygen atoms in total. The van der Waals surface area contributed by atoms with Crippen LogP contribution in [0.4, 0.5) is 5.69 Å². The van der Waals surface area contributed by atoms with Crippen molar-refractivity contribution in [3.05, 3.63) is 39.4 Å². The second-order valence-corrected chi connectivity index (χ2v) is 4.03. The lowest BCUT2D eigenvalue weighted by molar-refractivity contribution is -0.384. The third-order valence-electron chi connectivity index (χ3n) is 2.98. The second kappa shape index (κ2) is 3.15. The molecule has 0 heterocycles. The Bertz CT molecular complexity index is 435. The van der Waals surface area contributed by atoms with E-state index in [1.807, 2.05) is 6.92 Å². The molecule has 0 N–H and O–H groups in total. The van der Waals surface area contributed by atoms with E-state index in [2.05, 4.69) is 0 Å². The van der Waals surface area contributed by atoms with Gasteiger partial charge in [0.15, 0.2) is 0 Å². The zero-order valence-corrected chi connectivity index (χ0v) is 8.40. The van der Waals surface area contributed by atoms with Crippen molar-refractivity contribution in [3.63, 3.8) is 0 Å². The van der Waals surface area contributed by atoms with Gasteiger partial charge in [0.05, 0.1) is 10.3 Å². The summed E-state index contributed by atoms with van der Waals surface area (Å²) in [5, 5.41) is 10.6. The molecule has 15 heavy (non-hydrogen) atoms. The minimum absolute atomic E-state index is 0.0590. The number of aryl methyl sites for hydroxylation is 1. The predicted molar refractivity (Wildman–Crippen MR) is 54.8 cm³/mol. The highest BCUT2D eigenvalue weighted by Crippen LogP contribution is 2.48. The fourth-order valence-electron chi connectivity index (χ4n) is 1.85. The van der Waals surface area contributed by atoms with Crippen molar-refractivity contribution in [2.75, 3.05) is 0 Å². The molecule has 4 heteroatoms. The summed E-state index contributed by atoms with van der Waals surface area (Å²) in [4.78, 5) is 21.1. The lowest BCUT2D eigenvalue weighted by atomic mass is 9.93. The quantitative estimate of drug-likeness (QED) is 0.431. The van der Waals surface area contributed by atoms with Crippen molar-refractivity contribution in [2.45, 2.75) is 25.2 Å². The Hall–Kier alpha value is -1.71. The van der Waals surface area contributed by atoms with Crippen molar-refractivity contribution >= 4 is 12.0 Å². The lowest BCUT2D eigenvalue weighted by Crippen LogP contribution is -2.10. The number of nitrogens with zero attached hydrogens (tertiary/aromatic N) is 1. The first-order valence-corrected chi connectivity index (χ1v) is 4.81. The Morgan fingerprint density at radius 2 is 2.13 bits per heavy atom. The molecular formula is C11H11NO3. The van der Waals surface area contributed by atoms with Crippen LogP contribution in [0, 0.1) is 17.0 Å². The maximum Gasteiger partial charge on any atom is 0.269 e. The van der Waals surface area contributed by atoms with E-state index >= 15 is 0 Å². The van der Waals surface area contributed by atoms with Gasteiger partial charge >= 0.3 is 0 Å². The summed E-state index contributed by atoms with van der Waals surface area (Å²) in [6, 6.07) is 4.70. The van der Waals surface area contributed by atoms with Crippen molar-refractivity contribution in [2.24, 2.45) is 0 Å². The summed E-state index contributed by atoms with van der Waals surface area (Å²) in [6.45, 7) is 1.88. The van der Waals surface area contributed by atoms with Gasteiger partial charge in [0.25, 0.3) is 5.69 Å². The molecule has 0 aromatic heterocycles. The smallest absolute Gasteiger partial charge is 0.269 e. The molecule has 78 valence electrons. The van der Waals surface area contributed by atoms with Crippen LogP contribution in [-0.2, 0) is 10.2 Å².